The molecule has 1 heterocycles. The molecule has 0 radical (unpaired) electrons. The van der Waals surface area contributed by atoms with E-state index in [9.17, 15) is 14.5 Å². The monoisotopic (exact) mass is 268 g/mol. The van der Waals surface area contributed by atoms with Gasteiger partial charge in [0.05, 0.1) is 17.1 Å². The van der Waals surface area contributed by atoms with E-state index in [2.05, 4.69) is 5.32 Å². The molecule has 6 heteroatoms. The first-order valence-electron chi connectivity index (χ1n) is 6.31. The topological polar surface area (TPSA) is 64.4 Å². The lowest BCUT2D eigenvalue weighted by Crippen LogP contribution is -2.36. The molecule has 0 spiro atoms. The fraction of sp³-hybridized carbons (Fsp3) is 0.538. The zero-order valence-corrected chi connectivity index (χ0v) is 10.9. The lowest BCUT2D eigenvalue weighted by atomic mass is 9.99. The minimum atomic E-state index is -0.817. The highest BCUT2D eigenvalue weighted by Gasteiger charge is 2.24. The van der Waals surface area contributed by atoms with Gasteiger partial charge in [0.15, 0.2) is 0 Å². The molecule has 0 saturated carbocycles. The van der Waals surface area contributed by atoms with Crippen LogP contribution >= 0.6 is 0 Å². The predicted molar refractivity (Wildman–Crippen MR) is 69.7 cm³/mol. The third kappa shape index (κ3) is 3.41. The lowest BCUT2D eigenvalue weighted by molar-refractivity contribution is -0.387. The van der Waals surface area contributed by atoms with E-state index in [1.54, 1.807) is 0 Å². The average molecular weight is 268 g/mol. The fourth-order valence-electron chi connectivity index (χ4n) is 2.50. The van der Waals surface area contributed by atoms with Gasteiger partial charge < -0.3 is 10.1 Å². The van der Waals surface area contributed by atoms with Crippen LogP contribution in [0.1, 0.15) is 26.7 Å². The molecule has 0 aromatic heterocycles. The van der Waals surface area contributed by atoms with Crippen LogP contribution in [0.5, 0.6) is 0 Å². The van der Waals surface area contributed by atoms with Crippen molar-refractivity contribution in [2.45, 2.75) is 44.9 Å². The minimum absolute atomic E-state index is 0.157. The summed E-state index contributed by atoms with van der Waals surface area (Å²) in [7, 11) is 0. The molecule has 0 amide bonds. The molecule has 104 valence electrons. The second-order valence-electron chi connectivity index (χ2n) is 4.99. The van der Waals surface area contributed by atoms with E-state index in [0.717, 1.165) is 12.8 Å². The standard InChI is InChI=1S/C13H17FN2O3/c1-8-5-11(6-9(2)19-8)15-10-3-4-13(16(17)18)12(14)7-10/h3-4,7-9,11,15H,5-6H2,1-2H3. The van der Waals surface area contributed by atoms with E-state index in [0.29, 0.717) is 5.69 Å². The molecule has 1 aliphatic rings. The van der Waals surface area contributed by atoms with Crippen LogP contribution in [0.3, 0.4) is 0 Å². The Morgan fingerprint density at radius 3 is 2.53 bits per heavy atom. The molecule has 2 unspecified atom stereocenters. The van der Waals surface area contributed by atoms with Crippen LogP contribution in [-0.2, 0) is 4.74 Å². The molecule has 1 N–H and O–H groups in total. The minimum Gasteiger partial charge on any atom is -0.382 e. The van der Waals surface area contributed by atoms with Gasteiger partial charge in [-0.15, -0.1) is 0 Å². The number of rotatable bonds is 3. The third-order valence-electron chi connectivity index (χ3n) is 3.21. The number of anilines is 1. The van der Waals surface area contributed by atoms with E-state index in [4.69, 9.17) is 4.74 Å². The fourth-order valence-corrected chi connectivity index (χ4v) is 2.50. The molecular weight excluding hydrogens is 251 g/mol. The first-order valence-corrected chi connectivity index (χ1v) is 6.31. The maximum Gasteiger partial charge on any atom is 0.304 e. The first-order chi connectivity index (χ1) is 8.95. The van der Waals surface area contributed by atoms with Gasteiger partial charge in [0.1, 0.15) is 0 Å². The Balaban J connectivity index is 2.07. The van der Waals surface area contributed by atoms with Crippen LogP contribution in [0.25, 0.3) is 0 Å². The van der Waals surface area contributed by atoms with Gasteiger partial charge in [0.25, 0.3) is 0 Å². The molecule has 5 nitrogen and oxygen atoms in total. The summed E-state index contributed by atoms with van der Waals surface area (Å²) >= 11 is 0. The Kier molecular flexibility index (Phi) is 3.99. The van der Waals surface area contributed by atoms with Gasteiger partial charge in [0, 0.05) is 23.9 Å². The maximum atomic E-state index is 13.5. The summed E-state index contributed by atoms with van der Waals surface area (Å²) in [5.41, 5.74) is 0.0636. The first kappa shape index (κ1) is 13.7. The Hall–Kier alpha value is -1.69. The van der Waals surface area contributed by atoms with Crippen LogP contribution in [-0.4, -0.2) is 23.2 Å². The summed E-state index contributed by atoms with van der Waals surface area (Å²) in [4.78, 5) is 9.81. The molecule has 2 rings (SSSR count). The third-order valence-corrected chi connectivity index (χ3v) is 3.21. The van der Waals surface area contributed by atoms with Gasteiger partial charge in [0.2, 0.25) is 5.82 Å². The van der Waals surface area contributed by atoms with Gasteiger partial charge in [-0.3, -0.25) is 10.1 Å². The number of nitro groups is 1. The number of ether oxygens (including phenoxy) is 1. The summed E-state index contributed by atoms with van der Waals surface area (Å²) in [6.07, 6.45) is 1.99. The number of halogens is 1. The SMILES string of the molecule is CC1CC(Nc2ccc([N+](=O)[O-])c(F)c2)CC(C)O1. The van der Waals surface area contributed by atoms with Crippen molar-refractivity contribution in [3.8, 4) is 0 Å². The van der Waals surface area contributed by atoms with Crippen molar-refractivity contribution in [2.75, 3.05) is 5.32 Å². The highest BCUT2D eigenvalue weighted by Crippen LogP contribution is 2.25. The molecule has 1 saturated heterocycles. The highest BCUT2D eigenvalue weighted by atomic mass is 19.1. The van der Waals surface area contributed by atoms with Crippen LogP contribution in [0.4, 0.5) is 15.8 Å². The zero-order valence-electron chi connectivity index (χ0n) is 10.9. The second-order valence-corrected chi connectivity index (χ2v) is 4.99. The summed E-state index contributed by atoms with van der Waals surface area (Å²) in [5.74, 6) is -0.817. The number of nitro benzene ring substituents is 1. The molecule has 19 heavy (non-hydrogen) atoms. The quantitative estimate of drug-likeness (QED) is 0.675. The van der Waals surface area contributed by atoms with Crippen molar-refractivity contribution in [1.29, 1.82) is 0 Å². The Morgan fingerprint density at radius 1 is 1.37 bits per heavy atom. The zero-order chi connectivity index (χ0) is 14.0. The van der Waals surface area contributed by atoms with E-state index in [-0.39, 0.29) is 18.2 Å². The van der Waals surface area contributed by atoms with Crippen molar-refractivity contribution < 1.29 is 14.1 Å². The molecule has 0 bridgehead atoms. The Labute approximate surface area is 110 Å². The predicted octanol–water partition coefficient (Wildman–Crippen LogP) is 3.10. The lowest BCUT2D eigenvalue weighted by Gasteiger charge is -2.33. The maximum absolute atomic E-state index is 13.5. The van der Waals surface area contributed by atoms with Gasteiger partial charge in [-0.1, -0.05) is 0 Å². The molecule has 2 atom stereocenters. The average Bonchev–Trinajstić information content (AvgIpc) is 2.26. The van der Waals surface area contributed by atoms with Crippen LogP contribution in [0, 0.1) is 15.9 Å². The number of nitrogens with zero attached hydrogens (tertiary/aromatic N) is 1. The normalized spacial score (nSPS) is 27.0. The van der Waals surface area contributed by atoms with Crippen molar-refractivity contribution in [3.63, 3.8) is 0 Å². The van der Waals surface area contributed by atoms with E-state index in [1.807, 2.05) is 13.8 Å². The van der Waals surface area contributed by atoms with Crippen LogP contribution in [0.15, 0.2) is 18.2 Å². The van der Waals surface area contributed by atoms with Crippen molar-refractivity contribution in [1.82, 2.24) is 0 Å². The van der Waals surface area contributed by atoms with Gasteiger partial charge in [-0.2, -0.15) is 4.39 Å². The summed E-state index contributed by atoms with van der Waals surface area (Å²) in [5, 5.41) is 13.7. The molecule has 1 fully saturated rings. The van der Waals surface area contributed by atoms with Crippen LogP contribution < -0.4 is 5.32 Å². The highest BCUT2D eigenvalue weighted by molar-refractivity contribution is 5.50. The van der Waals surface area contributed by atoms with Crippen LogP contribution in [0.2, 0.25) is 0 Å². The van der Waals surface area contributed by atoms with E-state index >= 15 is 0 Å². The number of benzene rings is 1. The number of nitrogens with one attached hydrogen (secondary N) is 1. The van der Waals surface area contributed by atoms with E-state index in [1.165, 1.54) is 18.2 Å². The summed E-state index contributed by atoms with van der Waals surface area (Å²) in [6.45, 7) is 4.00. The number of hydrogen-bond donors (Lipinski definition) is 1. The van der Waals surface area contributed by atoms with Crippen molar-refractivity contribution in [2.24, 2.45) is 0 Å². The molecule has 0 aliphatic carbocycles. The smallest absolute Gasteiger partial charge is 0.304 e. The molecular formula is C13H17FN2O3. The largest absolute Gasteiger partial charge is 0.382 e. The Bertz CT molecular complexity index is 471. The molecule has 1 aromatic carbocycles. The molecule has 1 aromatic rings. The van der Waals surface area contributed by atoms with E-state index < -0.39 is 16.4 Å². The summed E-state index contributed by atoms with van der Waals surface area (Å²) < 4.78 is 19.1. The van der Waals surface area contributed by atoms with Gasteiger partial charge in [-0.25, -0.2) is 0 Å². The summed E-state index contributed by atoms with van der Waals surface area (Å²) in [6, 6.07) is 4.08. The molecule has 1 aliphatic heterocycles. The van der Waals surface area contributed by atoms with Gasteiger partial charge in [-0.05, 0) is 32.8 Å². The second kappa shape index (κ2) is 5.52. The van der Waals surface area contributed by atoms with Gasteiger partial charge >= 0.3 is 5.69 Å². The van der Waals surface area contributed by atoms with Crippen molar-refractivity contribution >= 4 is 11.4 Å². The number of hydrogen-bond acceptors (Lipinski definition) is 4. The van der Waals surface area contributed by atoms with Crippen molar-refractivity contribution in [3.05, 3.63) is 34.1 Å². The Morgan fingerprint density at radius 2 is 2.00 bits per heavy atom.